The molecule has 0 aliphatic carbocycles. The van der Waals surface area contributed by atoms with Gasteiger partial charge in [-0.2, -0.15) is 4.39 Å². The summed E-state index contributed by atoms with van der Waals surface area (Å²) in [4.78, 5) is 21.2. The summed E-state index contributed by atoms with van der Waals surface area (Å²) in [5.41, 5.74) is -4.09. The molecule has 0 spiro atoms. The average Bonchev–Trinajstić information content (AvgIpc) is 2.46. The number of nitro benzene ring substituents is 1. The van der Waals surface area contributed by atoms with Gasteiger partial charge in [0.15, 0.2) is 0 Å². The van der Waals surface area contributed by atoms with Crippen LogP contribution < -0.4 is 5.32 Å². The molecule has 1 aromatic carbocycles. The van der Waals surface area contributed by atoms with Crippen LogP contribution in [0.2, 0.25) is 0 Å². The summed E-state index contributed by atoms with van der Waals surface area (Å²) in [6, 6.07) is 0.734. The van der Waals surface area contributed by atoms with Crippen LogP contribution in [-0.2, 0) is 0 Å². The van der Waals surface area contributed by atoms with Gasteiger partial charge in [-0.25, -0.2) is 4.39 Å². The molecule has 0 atom stereocenters. The largest absolute Gasteiger partial charge is 0.394 e. The number of aliphatic hydroxyl groups is 3. The van der Waals surface area contributed by atoms with E-state index in [-0.39, 0.29) is 0 Å². The van der Waals surface area contributed by atoms with Gasteiger partial charge >= 0.3 is 5.69 Å². The molecule has 1 amide bonds. The van der Waals surface area contributed by atoms with Crippen molar-refractivity contribution < 1.29 is 33.8 Å². The zero-order valence-corrected chi connectivity index (χ0v) is 10.5. The zero-order valence-electron chi connectivity index (χ0n) is 10.5. The van der Waals surface area contributed by atoms with Gasteiger partial charge in [-0.05, 0) is 6.07 Å². The van der Waals surface area contributed by atoms with Crippen molar-refractivity contribution in [2.45, 2.75) is 5.54 Å². The lowest BCUT2D eigenvalue weighted by atomic mass is 10.0. The highest BCUT2D eigenvalue weighted by atomic mass is 19.1. The van der Waals surface area contributed by atoms with Gasteiger partial charge in [-0.3, -0.25) is 14.9 Å². The number of rotatable bonds is 6. The maximum Gasteiger partial charge on any atom is 0.308 e. The fourth-order valence-corrected chi connectivity index (χ4v) is 1.45. The molecule has 0 saturated carbocycles. The van der Waals surface area contributed by atoms with Crippen molar-refractivity contribution in [3.05, 3.63) is 39.4 Å². The van der Waals surface area contributed by atoms with Crippen LogP contribution in [0.3, 0.4) is 0 Å². The molecule has 21 heavy (non-hydrogen) atoms. The second-order valence-corrected chi connectivity index (χ2v) is 4.25. The van der Waals surface area contributed by atoms with Crippen LogP contribution in [0.5, 0.6) is 0 Å². The lowest BCUT2D eigenvalue weighted by molar-refractivity contribution is -0.387. The van der Waals surface area contributed by atoms with Crippen LogP contribution >= 0.6 is 0 Å². The van der Waals surface area contributed by atoms with Crippen molar-refractivity contribution in [1.29, 1.82) is 0 Å². The molecular formula is C11H12F2N2O6. The number of aliphatic hydroxyl groups excluding tert-OH is 3. The summed E-state index contributed by atoms with van der Waals surface area (Å²) >= 11 is 0. The molecule has 1 aromatic rings. The minimum absolute atomic E-state index is 0.309. The van der Waals surface area contributed by atoms with Crippen LogP contribution in [0.1, 0.15) is 10.4 Å². The normalized spacial score (nSPS) is 11.3. The Morgan fingerprint density at radius 1 is 1.24 bits per heavy atom. The lowest BCUT2D eigenvalue weighted by Crippen LogP contribution is -2.57. The topological polar surface area (TPSA) is 133 Å². The van der Waals surface area contributed by atoms with E-state index >= 15 is 0 Å². The van der Waals surface area contributed by atoms with Crippen molar-refractivity contribution in [2.24, 2.45) is 0 Å². The van der Waals surface area contributed by atoms with Gasteiger partial charge in [0.05, 0.1) is 36.4 Å². The van der Waals surface area contributed by atoms with Gasteiger partial charge in [0, 0.05) is 0 Å². The first-order valence-electron chi connectivity index (χ1n) is 5.58. The molecule has 8 nitrogen and oxygen atoms in total. The number of nitrogens with zero attached hydrogens (tertiary/aromatic N) is 1. The Balaban J connectivity index is 3.22. The van der Waals surface area contributed by atoms with Crippen molar-refractivity contribution in [2.75, 3.05) is 19.8 Å². The minimum Gasteiger partial charge on any atom is -0.394 e. The molecule has 10 heteroatoms. The highest BCUT2D eigenvalue weighted by Crippen LogP contribution is 2.22. The highest BCUT2D eigenvalue weighted by molar-refractivity contribution is 5.95. The van der Waals surface area contributed by atoms with Crippen LogP contribution in [0.15, 0.2) is 12.1 Å². The van der Waals surface area contributed by atoms with Crippen LogP contribution in [0, 0.1) is 21.7 Å². The second-order valence-electron chi connectivity index (χ2n) is 4.25. The first-order valence-corrected chi connectivity index (χ1v) is 5.58. The number of hydrogen-bond acceptors (Lipinski definition) is 6. The quantitative estimate of drug-likeness (QED) is 0.406. The van der Waals surface area contributed by atoms with Crippen molar-refractivity contribution in [3.63, 3.8) is 0 Å². The number of nitrogens with one attached hydrogen (secondary N) is 1. The number of carbonyl (C=O) groups excluding carboxylic acids is 1. The van der Waals surface area contributed by atoms with Gasteiger partial charge in [-0.1, -0.05) is 0 Å². The molecule has 0 bridgehead atoms. The molecule has 1 rings (SSSR count). The van der Waals surface area contributed by atoms with Crippen LogP contribution in [0.4, 0.5) is 14.5 Å². The summed E-state index contributed by atoms with van der Waals surface area (Å²) in [7, 11) is 0. The maximum absolute atomic E-state index is 13.8. The number of benzene rings is 1. The van der Waals surface area contributed by atoms with Gasteiger partial charge < -0.3 is 20.6 Å². The number of carbonyl (C=O) groups is 1. The molecule has 0 aliphatic rings. The van der Waals surface area contributed by atoms with Crippen LogP contribution in [-0.4, -0.2) is 51.5 Å². The van der Waals surface area contributed by atoms with Crippen molar-refractivity contribution in [3.8, 4) is 0 Å². The Labute approximate surface area is 116 Å². The SMILES string of the molecule is O=C(NC(CO)(CO)CO)c1cc(F)cc([N+](=O)[O-])c1F. The molecule has 116 valence electrons. The van der Waals surface area contributed by atoms with Crippen LogP contribution in [0.25, 0.3) is 0 Å². The maximum atomic E-state index is 13.8. The smallest absolute Gasteiger partial charge is 0.308 e. The Kier molecular flexibility index (Phi) is 5.24. The standard InChI is InChI=1S/C11H12F2N2O6/c12-6-1-7(9(13)8(2-6)15(20)21)10(19)14-11(3-16,4-17)5-18/h1-2,16-18H,3-5H2,(H,14,19). The number of amides is 1. The first kappa shape index (κ1) is 16.9. The Morgan fingerprint density at radius 2 is 1.76 bits per heavy atom. The first-order chi connectivity index (χ1) is 9.80. The monoisotopic (exact) mass is 306 g/mol. The highest BCUT2D eigenvalue weighted by Gasteiger charge is 2.33. The fraction of sp³-hybridized carbons (Fsp3) is 0.364. The molecule has 0 aromatic heterocycles. The van der Waals surface area contributed by atoms with E-state index in [1.807, 2.05) is 5.32 Å². The molecule has 0 radical (unpaired) electrons. The molecule has 4 N–H and O–H groups in total. The van der Waals surface area contributed by atoms with Gasteiger partial charge in [0.1, 0.15) is 11.4 Å². The third-order valence-electron chi connectivity index (χ3n) is 2.75. The van der Waals surface area contributed by atoms with E-state index in [1.54, 1.807) is 0 Å². The molecular weight excluding hydrogens is 294 g/mol. The molecule has 0 saturated heterocycles. The Hall–Kier alpha value is -2.17. The Morgan fingerprint density at radius 3 is 2.19 bits per heavy atom. The van der Waals surface area contributed by atoms with Crippen molar-refractivity contribution >= 4 is 11.6 Å². The van der Waals surface area contributed by atoms with Gasteiger partial charge in [-0.15, -0.1) is 0 Å². The van der Waals surface area contributed by atoms with E-state index < -0.39 is 59.1 Å². The van der Waals surface area contributed by atoms with Crippen molar-refractivity contribution in [1.82, 2.24) is 5.32 Å². The van der Waals surface area contributed by atoms with Gasteiger partial charge in [0.2, 0.25) is 5.82 Å². The fourth-order valence-electron chi connectivity index (χ4n) is 1.45. The van der Waals surface area contributed by atoms with E-state index in [0.717, 1.165) is 0 Å². The van der Waals surface area contributed by atoms with Gasteiger partial charge in [0.25, 0.3) is 5.91 Å². The summed E-state index contributed by atoms with van der Waals surface area (Å²) in [6.45, 7) is -2.65. The summed E-state index contributed by atoms with van der Waals surface area (Å²) in [5.74, 6) is -4.11. The second kappa shape index (κ2) is 6.52. The lowest BCUT2D eigenvalue weighted by Gasteiger charge is -2.28. The minimum atomic E-state index is -1.87. The number of hydrogen-bond donors (Lipinski definition) is 4. The summed E-state index contributed by atoms with van der Waals surface area (Å²) in [6.07, 6.45) is 0. The zero-order chi connectivity index (χ0) is 16.2. The predicted octanol–water partition coefficient (Wildman–Crippen LogP) is -0.682. The average molecular weight is 306 g/mol. The number of nitro groups is 1. The number of halogens is 2. The molecule has 0 unspecified atom stereocenters. The van der Waals surface area contributed by atoms with E-state index in [2.05, 4.69) is 0 Å². The third kappa shape index (κ3) is 3.48. The summed E-state index contributed by atoms with van der Waals surface area (Å²) < 4.78 is 27.0. The van der Waals surface area contributed by atoms with E-state index in [0.29, 0.717) is 12.1 Å². The van der Waals surface area contributed by atoms with E-state index in [9.17, 15) is 23.7 Å². The molecule has 0 fully saturated rings. The summed E-state index contributed by atoms with van der Waals surface area (Å²) in [5, 5.41) is 39.5. The molecule has 0 aliphatic heterocycles. The molecule has 0 heterocycles. The third-order valence-corrected chi connectivity index (χ3v) is 2.75. The van der Waals surface area contributed by atoms with E-state index in [4.69, 9.17) is 15.3 Å². The Bertz CT molecular complexity index is 554. The van der Waals surface area contributed by atoms with E-state index in [1.165, 1.54) is 0 Å². The predicted molar refractivity (Wildman–Crippen MR) is 64.5 cm³/mol.